The van der Waals surface area contributed by atoms with Crippen molar-refractivity contribution in [2.45, 2.75) is 6.54 Å². The van der Waals surface area contributed by atoms with Crippen LogP contribution in [0.3, 0.4) is 0 Å². The second-order valence-electron chi connectivity index (χ2n) is 2.94. The van der Waals surface area contributed by atoms with Crippen molar-refractivity contribution in [3.05, 3.63) is 40.0 Å². The van der Waals surface area contributed by atoms with E-state index in [2.05, 4.69) is 32.7 Å². The van der Waals surface area contributed by atoms with Crippen molar-refractivity contribution in [2.24, 2.45) is 0 Å². The molecule has 5 heteroatoms. The van der Waals surface area contributed by atoms with Gasteiger partial charge in [0, 0.05) is 18.1 Å². The Morgan fingerprint density at radius 2 is 2.36 bits per heavy atom. The second kappa shape index (κ2) is 3.95. The first-order valence-electron chi connectivity index (χ1n) is 4.12. The molecule has 0 atom stereocenters. The van der Waals surface area contributed by atoms with E-state index in [1.165, 1.54) is 0 Å². The van der Waals surface area contributed by atoms with Crippen LogP contribution < -0.4 is 5.73 Å². The van der Waals surface area contributed by atoms with Gasteiger partial charge < -0.3 is 5.73 Å². The lowest BCUT2D eigenvalue weighted by Crippen LogP contribution is -2.02. The summed E-state index contributed by atoms with van der Waals surface area (Å²) < 4.78 is 2.95. The average Bonchev–Trinajstić information content (AvgIpc) is 2.51. The highest BCUT2D eigenvalue weighted by Crippen LogP contribution is 2.06. The van der Waals surface area contributed by atoms with Crippen molar-refractivity contribution >= 4 is 28.3 Å². The predicted molar refractivity (Wildman–Crippen MR) is 62.7 cm³/mol. The number of nitrogen functional groups attached to an aromatic ring is 1. The summed E-state index contributed by atoms with van der Waals surface area (Å²) in [5.41, 5.74) is 7.30. The van der Waals surface area contributed by atoms with Gasteiger partial charge in [-0.15, -0.1) is 0 Å². The van der Waals surface area contributed by atoms with Gasteiger partial charge in [-0.2, -0.15) is 5.10 Å². The lowest BCUT2D eigenvalue weighted by molar-refractivity contribution is 0.673. The van der Waals surface area contributed by atoms with E-state index in [1.54, 1.807) is 12.3 Å². The van der Waals surface area contributed by atoms with Crippen LogP contribution in [0.15, 0.2) is 30.7 Å². The van der Waals surface area contributed by atoms with Crippen molar-refractivity contribution in [3.63, 3.8) is 0 Å². The highest BCUT2D eigenvalue weighted by atomic mass is 127. The third-order valence-electron chi connectivity index (χ3n) is 1.77. The van der Waals surface area contributed by atoms with E-state index in [0.717, 1.165) is 15.0 Å². The molecule has 0 unspecified atom stereocenters. The first kappa shape index (κ1) is 9.45. The molecule has 2 rings (SSSR count). The summed E-state index contributed by atoms with van der Waals surface area (Å²) in [5, 5.41) is 4.17. The maximum absolute atomic E-state index is 5.65. The fraction of sp³-hybridized carbons (Fsp3) is 0.111. The number of pyridine rings is 1. The fourth-order valence-electron chi connectivity index (χ4n) is 1.17. The molecule has 0 saturated heterocycles. The molecular weight excluding hydrogens is 291 g/mol. The average molecular weight is 300 g/mol. The van der Waals surface area contributed by atoms with E-state index < -0.39 is 0 Å². The Morgan fingerprint density at radius 3 is 3.00 bits per heavy atom. The monoisotopic (exact) mass is 300 g/mol. The molecule has 0 aromatic carbocycles. The second-order valence-corrected chi connectivity index (χ2v) is 4.18. The minimum absolute atomic E-state index is 0.661. The molecule has 72 valence electrons. The van der Waals surface area contributed by atoms with Crippen LogP contribution in [0.25, 0.3) is 0 Å². The SMILES string of the molecule is Nc1ccnc(Cn2cc(I)cn2)c1. The molecule has 4 nitrogen and oxygen atoms in total. The molecule has 0 radical (unpaired) electrons. The maximum atomic E-state index is 5.65. The van der Waals surface area contributed by atoms with Gasteiger partial charge in [-0.25, -0.2) is 0 Å². The molecule has 0 spiro atoms. The Hall–Kier alpha value is -1.11. The Morgan fingerprint density at radius 1 is 1.50 bits per heavy atom. The zero-order valence-corrected chi connectivity index (χ0v) is 9.55. The maximum Gasteiger partial charge on any atom is 0.0832 e. The van der Waals surface area contributed by atoms with Gasteiger partial charge in [-0.3, -0.25) is 9.67 Å². The Balaban J connectivity index is 2.18. The van der Waals surface area contributed by atoms with Crippen LogP contribution in [-0.2, 0) is 6.54 Å². The molecule has 0 aliphatic rings. The summed E-state index contributed by atoms with van der Waals surface area (Å²) in [6, 6.07) is 3.63. The molecule has 2 heterocycles. The molecular formula is C9H9IN4. The third-order valence-corrected chi connectivity index (χ3v) is 2.32. The molecule has 0 fully saturated rings. The van der Waals surface area contributed by atoms with Crippen LogP contribution in [0.1, 0.15) is 5.69 Å². The number of nitrogens with two attached hydrogens (primary N) is 1. The van der Waals surface area contributed by atoms with Crippen molar-refractivity contribution in [1.29, 1.82) is 0 Å². The Labute approximate surface area is 95.3 Å². The molecule has 2 N–H and O–H groups in total. The summed E-state index contributed by atoms with van der Waals surface area (Å²) in [6.45, 7) is 0.661. The number of halogens is 1. The van der Waals surface area contributed by atoms with Gasteiger partial charge >= 0.3 is 0 Å². The third kappa shape index (κ3) is 2.22. The number of rotatable bonds is 2. The normalized spacial score (nSPS) is 10.4. The standard InChI is InChI=1S/C9H9IN4/c10-7-4-13-14(5-7)6-9-3-8(11)1-2-12-9/h1-5H,6H2,(H2,11,12). The van der Waals surface area contributed by atoms with Gasteiger partial charge in [0.1, 0.15) is 0 Å². The lowest BCUT2D eigenvalue weighted by atomic mass is 10.3. The molecule has 2 aromatic heterocycles. The van der Waals surface area contributed by atoms with Crippen LogP contribution in [-0.4, -0.2) is 14.8 Å². The summed E-state index contributed by atoms with van der Waals surface area (Å²) in [5.74, 6) is 0. The largest absolute Gasteiger partial charge is 0.399 e. The van der Waals surface area contributed by atoms with E-state index in [4.69, 9.17) is 5.73 Å². The smallest absolute Gasteiger partial charge is 0.0832 e. The lowest BCUT2D eigenvalue weighted by Gasteiger charge is -2.01. The van der Waals surface area contributed by atoms with E-state index in [1.807, 2.05) is 23.1 Å². The number of anilines is 1. The fourth-order valence-corrected chi connectivity index (χ4v) is 1.62. The molecule has 0 amide bonds. The summed E-state index contributed by atoms with van der Waals surface area (Å²) in [6.07, 6.45) is 5.48. The molecule has 0 aliphatic carbocycles. The Kier molecular flexibility index (Phi) is 2.67. The topological polar surface area (TPSA) is 56.7 Å². The number of hydrogen-bond acceptors (Lipinski definition) is 3. The van der Waals surface area contributed by atoms with Crippen LogP contribution in [0, 0.1) is 3.57 Å². The molecule has 0 saturated carbocycles. The van der Waals surface area contributed by atoms with Gasteiger partial charge in [0.05, 0.1) is 22.0 Å². The molecule has 0 bridgehead atoms. The summed E-state index contributed by atoms with van der Waals surface area (Å²) in [7, 11) is 0. The minimum atomic E-state index is 0.661. The highest BCUT2D eigenvalue weighted by molar-refractivity contribution is 14.1. The van der Waals surface area contributed by atoms with E-state index in [0.29, 0.717) is 6.54 Å². The van der Waals surface area contributed by atoms with Crippen LogP contribution in [0.5, 0.6) is 0 Å². The summed E-state index contributed by atoms with van der Waals surface area (Å²) >= 11 is 2.22. The quantitative estimate of drug-likeness (QED) is 0.855. The van der Waals surface area contributed by atoms with Crippen LogP contribution >= 0.6 is 22.6 Å². The minimum Gasteiger partial charge on any atom is -0.399 e. The highest BCUT2D eigenvalue weighted by Gasteiger charge is 1.98. The van der Waals surface area contributed by atoms with Gasteiger partial charge in [-0.05, 0) is 34.7 Å². The van der Waals surface area contributed by atoms with E-state index >= 15 is 0 Å². The first-order valence-corrected chi connectivity index (χ1v) is 5.20. The van der Waals surface area contributed by atoms with Crippen molar-refractivity contribution in [1.82, 2.24) is 14.8 Å². The molecule has 2 aromatic rings. The van der Waals surface area contributed by atoms with Crippen molar-refractivity contribution in [3.8, 4) is 0 Å². The van der Waals surface area contributed by atoms with Crippen molar-refractivity contribution in [2.75, 3.05) is 5.73 Å². The number of nitrogens with zero attached hydrogens (tertiary/aromatic N) is 3. The van der Waals surface area contributed by atoms with Crippen LogP contribution in [0.2, 0.25) is 0 Å². The summed E-state index contributed by atoms with van der Waals surface area (Å²) in [4.78, 5) is 4.20. The van der Waals surface area contributed by atoms with Gasteiger partial charge in [0.15, 0.2) is 0 Å². The zero-order valence-electron chi connectivity index (χ0n) is 7.39. The predicted octanol–water partition coefficient (Wildman–Crippen LogP) is 1.51. The van der Waals surface area contributed by atoms with E-state index in [-0.39, 0.29) is 0 Å². The van der Waals surface area contributed by atoms with Gasteiger partial charge in [-0.1, -0.05) is 0 Å². The molecule has 14 heavy (non-hydrogen) atoms. The first-order chi connectivity index (χ1) is 6.74. The number of hydrogen-bond donors (Lipinski definition) is 1. The van der Waals surface area contributed by atoms with Crippen LogP contribution in [0.4, 0.5) is 5.69 Å². The van der Waals surface area contributed by atoms with Gasteiger partial charge in [0.25, 0.3) is 0 Å². The van der Waals surface area contributed by atoms with Crippen molar-refractivity contribution < 1.29 is 0 Å². The van der Waals surface area contributed by atoms with Gasteiger partial charge in [0.2, 0.25) is 0 Å². The molecule has 0 aliphatic heterocycles. The number of aromatic nitrogens is 3. The zero-order chi connectivity index (χ0) is 9.97. The van der Waals surface area contributed by atoms with E-state index in [9.17, 15) is 0 Å². The Bertz CT molecular complexity index is 438.